The highest BCUT2D eigenvalue weighted by molar-refractivity contribution is 6.31. The van der Waals surface area contributed by atoms with Crippen molar-refractivity contribution in [3.63, 3.8) is 0 Å². The first-order chi connectivity index (χ1) is 48.3. The second-order valence-electron chi connectivity index (χ2n) is 30.4. The number of likely N-dealkylation sites (tertiary alicyclic amines) is 1. The van der Waals surface area contributed by atoms with Gasteiger partial charge in [0.15, 0.2) is 0 Å². The van der Waals surface area contributed by atoms with Crippen molar-refractivity contribution < 1.29 is 70.6 Å². The second kappa shape index (κ2) is 38.4. The number of hydrogen-bond donors (Lipinski definition) is 3. The van der Waals surface area contributed by atoms with Crippen molar-refractivity contribution >= 4 is 76.6 Å². The number of rotatable bonds is 15. The largest absolute Gasteiger partial charge is 0.417 e. The summed E-state index contributed by atoms with van der Waals surface area (Å²) in [6, 6.07) is -4.64. The van der Waals surface area contributed by atoms with Crippen LogP contribution in [0.1, 0.15) is 199 Å². The minimum absolute atomic E-state index is 0.0304. The molecule has 0 unspecified atom stereocenters. The molecule has 6 fully saturated rings. The number of hydrogen-bond acceptors (Lipinski definition) is 13. The third kappa shape index (κ3) is 22.2. The van der Waals surface area contributed by atoms with E-state index in [4.69, 9.17) is 16.3 Å². The van der Waals surface area contributed by atoms with Crippen LogP contribution in [0.2, 0.25) is 5.02 Å². The minimum Gasteiger partial charge on any atom is -0.364 e. The molecule has 24 nitrogen and oxygen atoms in total. The Bertz CT molecular complexity index is 3070. The van der Waals surface area contributed by atoms with Crippen molar-refractivity contribution in [2.75, 3.05) is 102 Å². The molecule has 3 saturated carbocycles. The number of benzene rings is 1. The van der Waals surface area contributed by atoms with Crippen molar-refractivity contribution in [2.24, 2.45) is 17.8 Å². The zero-order chi connectivity index (χ0) is 74.8. The van der Waals surface area contributed by atoms with Gasteiger partial charge in [0.2, 0.25) is 65.0 Å². The summed E-state index contributed by atoms with van der Waals surface area (Å²) >= 11 is 6.17. The summed E-state index contributed by atoms with van der Waals surface area (Å²) in [6.07, 6.45) is 9.79. The molecule has 0 aromatic heterocycles. The third-order valence-corrected chi connectivity index (χ3v) is 22.5. The number of aryl methyl sites for hydroxylation is 1. The van der Waals surface area contributed by atoms with Gasteiger partial charge in [-0.3, -0.25) is 57.6 Å². The number of alkyl halides is 3. The smallest absolute Gasteiger partial charge is 0.364 e. The lowest BCUT2D eigenvalue weighted by Gasteiger charge is -2.43. The van der Waals surface area contributed by atoms with Gasteiger partial charge < -0.3 is 59.9 Å². The van der Waals surface area contributed by atoms with E-state index in [1.807, 2.05) is 20.8 Å². The number of fused-ring (bicyclic) bond motifs is 1. The Kier molecular flexibility index (Phi) is 31.1. The van der Waals surface area contributed by atoms with Gasteiger partial charge in [-0.05, 0) is 119 Å². The number of carbonyl (C=O) groups is 11. The molecule has 1 aromatic carbocycles. The molecule has 28 heteroatoms. The van der Waals surface area contributed by atoms with Crippen LogP contribution in [0.25, 0.3) is 0 Å². The topological polar surface area (TPSA) is 262 Å². The van der Waals surface area contributed by atoms with E-state index in [-0.39, 0.29) is 95.4 Å². The molecule has 1 spiro atoms. The number of unbranched alkanes of at least 4 members (excludes halogenated alkanes) is 1. The van der Waals surface area contributed by atoms with E-state index in [2.05, 4.69) is 20.9 Å². The summed E-state index contributed by atoms with van der Waals surface area (Å²) < 4.78 is 48.1. The molecule has 3 heterocycles. The first-order valence-electron chi connectivity index (χ1n) is 37.5. The Morgan fingerprint density at radius 2 is 1.22 bits per heavy atom. The molecule has 11 amide bonds. The summed E-state index contributed by atoms with van der Waals surface area (Å²) in [6.45, 7) is 6.00. The number of ether oxygens (including phenoxy) is 1. The molecule has 7 atom stereocenters. The Morgan fingerprint density at radius 1 is 0.608 bits per heavy atom. The van der Waals surface area contributed by atoms with Gasteiger partial charge in [-0.1, -0.05) is 122 Å². The van der Waals surface area contributed by atoms with E-state index in [1.165, 1.54) is 70.7 Å². The standard InChI is InChI=1S/C74H116ClF3N12O12/c1-11-12-29-56-68(97)84(6)45-63(93)82(4)46-64(94)87(9)60(42-50-25-16-13-17-26-50)70(99)83(5)44-61(91)79-57(34-32-51-31-33-54(55(75)41-51)74(76,77)78)69(98)90-39-24-30-58(90)67(96)81-73(35-20-21-36-73)72(101)88(10)65(52-27-18-14-19-28-52)71(100)85(7)53(47-102-48-89-37-22-15-23-38-89)43-62(92)86(8)59(40-49(2)3)66(95)80-56/h31,33,41,49-50,52-53,56-60,65H,11-30,32,34-40,42-48H2,1-10H3,(H,79,91)(H,80,95)(H,81,96)/t53-,56-,57-,58-,59-,60-,65-/m0/s1. The molecule has 7 rings (SSSR count). The number of piperidine rings is 1. The van der Waals surface area contributed by atoms with Crippen LogP contribution in [-0.2, 0) is 70.1 Å². The quantitative estimate of drug-likeness (QED) is 0.160. The van der Waals surface area contributed by atoms with Crippen LogP contribution in [0.4, 0.5) is 13.2 Å². The van der Waals surface area contributed by atoms with Crippen LogP contribution < -0.4 is 16.0 Å². The summed E-state index contributed by atoms with van der Waals surface area (Å²) in [5, 5.41) is 8.28. The van der Waals surface area contributed by atoms with Crippen LogP contribution in [0, 0.1) is 17.8 Å². The zero-order valence-electron chi connectivity index (χ0n) is 62.2. The SMILES string of the molecule is CCCC[C@@H]1NC(=O)[C@H](CC(C)C)N(C)C(=O)C[C@@H](COCN2CCCCC2)N(C)C(=O)[C@H](C2CCCCC2)N(C)C(=O)C2(CCCC2)NC(=O)[C@@H]2CCCN2C(=O)[C@H](CCc2ccc(C(F)(F)F)c(Cl)c2)NC(=O)CN(C)C(=O)[C@H](CC2CCCCC2)N(C)C(=O)CN(C)C(=O)CN(C)C1=O. The van der Waals surface area contributed by atoms with Gasteiger partial charge in [0, 0.05) is 75.4 Å². The van der Waals surface area contributed by atoms with Crippen molar-refractivity contribution in [3.8, 4) is 0 Å². The molecular formula is C74H116ClF3N12O12. The molecule has 3 aliphatic heterocycles. The Morgan fingerprint density at radius 3 is 1.84 bits per heavy atom. The van der Waals surface area contributed by atoms with Crippen LogP contribution in [0.15, 0.2) is 18.2 Å². The maximum Gasteiger partial charge on any atom is 0.417 e. The van der Waals surface area contributed by atoms with Gasteiger partial charge in [-0.15, -0.1) is 0 Å². The van der Waals surface area contributed by atoms with Crippen LogP contribution in [0.5, 0.6) is 0 Å². The van der Waals surface area contributed by atoms with E-state index in [1.54, 1.807) is 14.1 Å². The zero-order valence-corrected chi connectivity index (χ0v) is 62.9. The first kappa shape index (κ1) is 82.7. The van der Waals surface area contributed by atoms with Crippen molar-refractivity contribution in [1.82, 2.24) is 60.0 Å². The van der Waals surface area contributed by atoms with Gasteiger partial charge in [-0.2, -0.15) is 13.2 Å². The second-order valence-corrected chi connectivity index (χ2v) is 30.8. The van der Waals surface area contributed by atoms with E-state index in [0.717, 1.165) is 106 Å². The van der Waals surface area contributed by atoms with Crippen LogP contribution in [0.3, 0.4) is 0 Å². The number of halogens is 4. The van der Waals surface area contributed by atoms with Crippen molar-refractivity contribution in [1.29, 1.82) is 0 Å². The molecule has 572 valence electrons. The predicted molar refractivity (Wildman–Crippen MR) is 379 cm³/mol. The third-order valence-electron chi connectivity index (χ3n) is 22.2. The highest BCUT2D eigenvalue weighted by Gasteiger charge is 2.51. The summed E-state index contributed by atoms with van der Waals surface area (Å²) in [7, 11) is 10.4. The summed E-state index contributed by atoms with van der Waals surface area (Å²) in [5.41, 5.74) is -2.26. The maximum absolute atomic E-state index is 15.8. The van der Waals surface area contributed by atoms with E-state index < -0.39 is 149 Å². The number of carbonyl (C=O) groups excluding carboxylic acids is 11. The number of likely N-dealkylation sites (N-methyl/N-ethyl adjacent to an activating group) is 7. The fourth-order valence-corrected chi connectivity index (χ4v) is 16.3. The molecule has 6 aliphatic rings. The summed E-state index contributed by atoms with van der Waals surface area (Å²) in [5.74, 6) is -6.95. The van der Waals surface area contributed by atoms with Crippen LogP contribution in [-0.4, -0.2) is 259 Å². The first-order valence-corrected chi connectivity index (χ1v) is 37.9. The van der Waals surface area contributed by atoms with Crippen molar-refractivity contribution in [3.05, 3.63) is 34.3 Å². The average Bonchev–Trinajstić information content (AvgIpc) is 1.48. The van der Waals surface area contributed by atoms with Gasteiger partial charge in [0.25, 0.3) is 0 Å². The van der Waals surface area contributed by atoms with E-state index in [0.29, 0.717) is 50.5 Å². The lowest BCUT2D eigenvalue weighted by Crippen LogP contribution is -2.65. The normalized spacial score (nSPS) is 26.5. The Balaban J connectivity index is 1.27. The molecule has 102 heavy (non-hydrogen) atoms. The van der Waals surface area contributed by atoms with Crippen LogP contribution >= 0.6 is 11.6 Å². The number of amides is 11. The van der Waals surface area contributed by atoms with Gasteiger partial charge in [0.05, 0.1) is 49.6 Å². The van der Waals surface area contributed by atoms with E-state index >= 15 is 24.0 Å². The summed E-state index contributed by atoms with van der Waals surface area (Å²) in [4.78, 5) is 177. The molecule has 3 N–H and O–H groups in total. The average molecular weight is 1460 g/mol. The molecule has 3 saturated heterocycles. The lowest BCUT2D eigenvalue weighted by atomic mass is 9.81. The fourth-order valence-electron chi connectivity index (χ4n) is 15.9. The highest BCUT2D eigenvalue weighted by atomic mass is 35.5. The Hall–Kier alpha value is -6.61. The molecule has 3 aliphatic carbocycles. The number of nitrogens with zero attached hydrogens (tertiary/aromatic N) is 9. The van der Waals surface area contributed by atoms with Crippen molar-refractivity contribution in [2.45, 2.75) is 248 Å². The van der Waals surface area contributed by atoms with Gasteiger partial charge in [0.1, 0.15) is 41.8 Å². The monoisotopic (exact) mass is 1460 g/mol. The van der Waals surface area contributed by atoms with Gasteiger partial charge in [-0.25, -0.2) is 0 Å². The fraction of sp³-hybridized carbons (Fsp3) is 0.770. The lowest BCUT2D eigenvalue weighted by molar-refractivity contribution is -0.154. The minimum atomic E-state index is -4.75. The van der Waals surface area contributed by atoms with Gasteiger partial charge >= 0.3 is 6.18 Å². The predicted octanol–water partition coefficient (Wildman–Crippen LogP) is 7.01. The maximum atomic E-state index is 15.8. The molecule has 0 bridgehead atoms. The molecule has 0 radical (unpaired) electrons. The molecule has 1 aromatic rings. The Labute approximate surface area is 606 Å². The highest BCUT2D eigenvalue weighted by Crippen LogP contribution is 2.38. The number of nitrogens with one attached hydrogen (secondary N) is 3. The van der Waals surface area contributed by atoms with E-state index in [9.17, 15) is 41.9 Å². The molecular weight excluding hydrogens is 1340 g/mol.